The number of nitrogens with zero attached hydrogens (tertiary/aromatic N) is 2. The third-order valence-electron chi connectivity index (χ3n) is 2.89. The molecule has 0 amide bonds. The normalized spacial score (nSPS) is 11.7. The average Bonchev–Trinajstić information content (AvgIpc) is 2.97. The fourth-order valence-electron chi connectivity index (χ4n) is 1.55. The number of carboxylic acids is 1. The van der Waals surface area contributed by atoms with Crippen LogP contribution in [-0.4, -0.2) is 29.3 Å². The molecule has 0 saturated carbocycles. The molecule has 108 valence electrons. The lowest BCUT2D eigenvalue weighted by Gasteiger charge is -2.04. The Morgan fingerprint density at radius 2 is 2.25 bits per heavy atom. The number of thiophene rings is 1. The van der Waals surface area contributed by atoms with Crippen molar-refractivity contribution in [2.75, 3.05) is 0 Å². The van der Waals surface area contributed by atoms with Gasteiger partial charge in [-0.2, -0.15) is 5.10 Å². The van der Waals surface area contributed by atoms with E-state index in [9.17, 15) is 13.2 Å². The number of aryl methyl sites for hydroxylation is 1. The zero-order valence-electron chi connectivity index (χ0n) is 10.8. The Bertz CT molecular complexity index is 746. The number of nitrogens with one attached hydrogen (secondary N) is 1. The first kappa shape index (κ1) is 14.7. The second-order valence-electron chi connectivity index (χ2n) is 4.16. The van der Waals surface area contributed by atoms with Crippen LogP contribution in [0, 0.1) is 6.92 Å². The van der Waals surface area contributed by atoms with Crippen LogP contribution < -0.4 is 4.72 Å². The van der Waals surface area contributed by atoms with Crippen LogP contribution in [0.5, 0.6) is 0 Å². The summed E-state index contributed by atoms with van der Waals surface area (Å²) in [5, 5.41) is 14.1. The molecular weight excluding hydrogens is 302 g/mol. The van der Waals surface area contributed by atoms with Crippen molar-refractivity contribution in [2.45, 2.75) is 18.4 Å². The maximum absolute atomic E-state index is 12.0. The van der Waals surface area contributed by atoms with Gasteiger partial charge in [-0.05, 0) is 13.0 Å². The van der Waals surface area contributed by atoms with Crippen LogP contribution in [0.1, 0.15) is 20.9 Å². The largest absolute Gasteiger partial charge is 0.477 e. The molecule has 2 N–H and O–H groups in total. The minimum Gasteiger partial charge on any atom is -0.477 e. The lowest BCUT2D eigenvalue weighted by molar-refractivity contribution is 0.0702. The summed E-state index contributed by atoms with van der Waals surface area (Å²) in [6.45, 7) is 1.95. The molecule has 0 radical (unpaired) electrons. The third kappa shape index (κ3) is 2.89. The highest BCUT2D eigenvalue weighted by molar-refractivity contribution is 7.89. The maximum Gasteiger partial charge on any atom is 0.345 e. The van der Waals surface area contributed by atoms with E-state index in [0.717, 1.165) is 28.7 Å². The van der Waals surface area contributed by atoms with Crippen molar-refractivity contribution in [1.29, 1.82) is 0 Å². The molecule has 0 atom stereocenters. The Kier molecular flexibility index (Phi) is 3.93. The lowest BCUT2D eigenvalue weighted by atomic mass is 10.3. The molecule has 2 aromatic rings. The van der Waals surface area contributed by atoms with Gasteiger partial charge in [-0.3, -0.25) is 4.68 Å². The SMILES string of the molecule is Cc1c(CNS(=O)(=O)c2csc(C(=O)O)c2)cnn1C. The number of sulfonamides is 1. The number of carbonyl (C=O) groups is 1. The average molecular weight is 315 g/mol. The molecule has 0 bridgehead atoms. The smallest absolute Gasteiger partial charge is 0.345 e. The standard InChI is InChI=1S/C11H13N3O4S2/c1-7-8(4-12-14(7)2)5-13-20(17,18)9-3-10(11(15)16)19-6-9/h3-4,6,13H,5H2,1-2H3,(H,15,16). The molecule has 0 fully saturated rings. The van der Waals surface area contributed by atoms with E-state index in [-0.39, 0.29) is 16.3 Å². The second-order valence-corrected chi connectivity index (χ2v) is 6.83. The topological polar surface area (TPSA) is 101 Å². The van der Waals surface area contributed by atoms with Gasteiger partial charge in [0.2, 0.25) is 10.0 Å². The molecule has 0 spiro atoms. The van der Waals surface area contributed by atoms with Crippen molar-refractivity contribution in [1.82, 2.24) is 14.5 Å². The quantitative estimate of drug-likeness (QED) is 0.856. The van der Waals surface area contributed by atoms with E-state index in [2.05, 4.69) is 9.82 Å². The molecule has 20 heavy (non-hydrogen) atoms. The van der Waals surface area contributed by atoms with E-state index >= 15 is 0 Å². The third-order valence-corrected chi connectivity index (χ3v) is 5.33. The fourth-order valence-corrected chi connectivity index (χ4v) is 3.66. The lowest BCUT2D eigenvalue weighted by Crippen LogP contribution is -2.23. The molecule has 0 aliphatic heterocycles. The van der Waals surface area contributed by atoms with E-state index in [1.54, 1.807) is 17.9 Å². The molecule has 0 unspecified atom stereocenters. The summed E-state index contributed by atoms with van der Waals surface area (Å²) in [6, 6.07) is 1.14. The number of aromatic carboxylic acids is 1. The van der Waals surface area contributed by atoms with E-state index in [0.29, 0.717) is 0 Å². The van der Waals surface area contributed by atoms with Gasteiger partial charge in [0.15, 0.2) is 0 Å². The maximum atomic E-state index is 12.0. The van der Waals surface area contributed by atoms with E-state index in [4.69, 9.17) is 5.11 Å². The van der Waals surface area contributed by atoms with Gasteiger partial charge in [0.1, 0.15) is 4.88 Å². The summed E-state index contributed by atoms with van der Waals surface area (Å²) in [7, 11) is -1.95. The highest BCUT2D eigenvalue weighted by Gasteiger charge is 2.19. The predicted octanol–water partition coefficient (Wildman–Crippen LogP) is 0.967. The van der Waals surface area contributed by atoms with Gasteiger partial charge in [0.25, 0.3) is 0 Å². The Balaban J connectivity index is 2.15. The molecule has 2 aromatic heterocycles. The van der Waals surface area contributed by atoms with E-state index < -0.39 is 16.0 Å². The Morgan fingerprint density at radius 1 is 1.55 bits per heavy atom. The zero-order chi connectivity index (χ0) is 14.9. The van der Waals surface area contributed by atoms with Gasteiger partial charge in [-0.25, -0.2) is 17.9 Å². The monoisotopic (exact) mass is 315 g/mol. The van der Waals surface area contributed by atoms with Gasteiger partial charge in [0, 0.05) is 30.2 Å². The number of carboxylic acid groups (broad SMARTS) is 1. The molecule has 0 aromatic carbocycles. The molecule has 2 rings (SSSR count). The van der Waals surface area contributed by atoms with Crippen molar-refractivity contribution in [2.24, 2.45) is 7.05 Å². The van der Waals surface area contributed by atoms with Crippen molar-refractivity contribution in [3.63, 3.8) is 0 Å². The van der Waals surface area contributed by atoms with E-state index in [1.807, 2.05) is 6.92 Å². The predicted molar refractivity (Wildman–Crippen MR) is 73.2 cm³/mol. The molecule has 2 heterocycles. The first-order valence-corrected chi connectivity index (χ1v) is 7.96. The number of aromatic nitrogens is 2. The fraction of sp³-hybridized carbons (Fsp3) is 0.273. The van der Waals surface area contributed by atoms with Crippen molar-refractivity contribution < 1.29 is 18.3 Å². The summed E-state index contributed by atoms with van der Waals surface area (Å²) in [5.41, 5.74) is 1.63. The zero-order valence-corrected chi connectivity index (χ0v) is 12.5. The molecule has 0 saturated heterocycles. The number of rotatable bonds is 5. The highest BCUT2D eigenvalue weighted by Crippen LogP contribution is 2.19. The van der Waals surface area contributed by atoms with Gasteiger partial charge in [-0.1, -0.05) is 0 Å². The molecule has 7 nitrogen and oxygen atoms in total. The number of hydrogen-bond donors (Lipinski definition) is 2. The highest BCUT2D eigenvalue weighted by atomic mass is 32.2. The van der Waals surface area contributed by atoms with Crippen LogP contribution in [0.2, 0.25) is 0 Å². The van der Waals surface area contributed by atoms with Gasteiger partial charge in [-0.15, -0.1) is 11.3 Å². The summed E-state index contributed by atoms with van der Waals surface area (Å²) in [5.74, 6) is -1.14. The van der Waals surface area contributed by atoms with Crippen LogP contribution >= 0.6 is 11.3 Å². The van der Waals surface area contributed by atoms with Crippen molar-refractivity contribution in [3.8, 4) is 0 Å². The summed E-state index contributed by atoms with van der Waals surface area (Å²) >= 11 is 0.878. The first-order valence-electron chi connectivity index (χ1n) is 5.60. The molecule has 0 aliphatic rings. The van der Waals surface area contributed by atoms with Crippen LogP contribution in [0.15, 0.2) is 22.5 Å². The van der Waals surface area contributed by atoms with Crippen LogP contribution in [0.4, 0.5) is 0 Å². The van der Waals surface area contributed by atoms with Crippen LogP contribution in [-0.2, 0) is 23.6 Å². The summed E-state index contributed by atoms with van der Waals surface area (Å²) in [6.07, 6.45) is 1.59. The minimum absolute atomic E-state index is 0.0112. The van der Waals surface area contributed by atoms with Crippen LogP contribution in [0.3, 0.4) is 0 Å². The van der Waals surface area contributed by atoms with Crippen LogP contribution in [0.25, 0.3) is 0 Å². The minimum atomic E-state index is -3.72. The molecule has 9 heteroatoms. The van der Waals surface area contributed by atoms with Crippen molar-refractivity contribution in [3.05, 3.63) is 33.8 Å². The Morgan fingerprint density at radius 3 is 2.75 bits per heavy atom. The van der Waals surface area contributed by atoms with E-state index in [1.165, 1.54) is 5.38 Å². The van der Waals surface area contributed by atoms with Gasteiger partial charge in [0.05, 0.1) is 11.1 Å². The Hall–Kier alpha value is -1.71. The second kappa shape index (κ2) is 5.35. The summed E-state index contributed by atoms with van der Waals surface area (Å²) in [4.78, 5) is 10.7. The number of hydrogen-bond acceptors (Lipinski definition) is 5. The first-order chi connectivity index (χ1) is 9.31. The van der Waals surface area contributed by atoms with Gasteiger partial charge < -0.3 is 5.11 Å². The Labute approximate surface area is 119 Å². The van der Waals surface area contributed by atoms with Gasteiger partial charge >= 0.3 is 5.97 Å². The summed E-state index contributed by atoms with van der Waals surface area (Å²) < 4.78 is 28.2. The van der Waals surface area contributed by atoms with Crippen molar-refractivity contribution >= 4 is 27.3 Å². The molecular formula is C11H13N3O4S2. The molecule has 0 aliphatic carbocycles.